The molecule has 5 heteroatoms. The summed E-state index contributed by atoms with van der Waals surface area (Å²) >= 11 is 6.08. The summed E-state index contributed by atoms with van der Waals surface area (Å²) in [6.45, 7) is 2.57. The molecule has 0 spiro atoms. The van der Waals surface area contributed by atoms with Crippen molar-refractivity contribution in [3.63, 3.8) is 0 Å². The predicted molar refractivity (Wildman–Crippen MR) is 115 cm³/mol. The molecule has 4 nitrogen and oxygen atoms in total. The van der Waals surface area contributed by atoms with Crippen molar-refractivity contribution in [2.45, 2.75) is 31.6 Å². The van der Waals surface area contributed by atoms with E-state index in [9.17, 15) is 9.59 Å². The van der Waals surface area contributed by atoms with Crippen LogP contribution in [0.4, 0.5) is 0 Å². The Balaban J connectivity index is 1.20. The first-order valence-corrected chi connectivity index (χ1v) is 10.9. The van der Waals surface area contributed by atoms with Crippen LogP contribution in [-0.4, -0.2) is 47.8 Å². The molecule has 1 aliphatic heterocycles. The van der Waals surface area contributed by atoms with Gasteiger partial charge in [-0.15, -0.1) is 0 Å². The molecule has 29 heavy (non-hydrogen) atoms. The maximum Gasteiger partial charge on any atom is 0.226 e. The molecule has 2 aromatic carbocycles. The average molecular weight is 411 g/mol. The highest BCUT2D eigenvalue weighted by Crippen LogP contribution is 2.48. The molecule has 2 aliphatic rings. The molecule has 1 heterocycles. The highest BCUT2D eigenvalue weighted by molar-refractivity contribution is 6.30. The van der Waals surface area contributed by atoms with E-state index < -0.39 is 0 Å². The summed E-state index contributed by atoms with van der Waals surface area (Å²) in [5, 5.41) is 0.722. The Labute approximate surface area is 177 Å². The average Bonchev–Trinajstić information content (AvgIpc) is 3.55. The zero-order valence-electron chi connectivity index (χ0n) is 16.6. The number of amides is 2. The van der Waals surface area contributed by atoms with Gasteiger partial charge in [0.1, 0.15) is 0 Å². The monoisotopic (exact) mass is 410 g/mol. The maximum absolute atomic E-state index is 12.8. The number of carbonyl (C=O) groups is 2. The van der Waals surface area contributed by atoms with Crippen LogP contribution in [0.3, 0.4) is 0 Å². The van der Waals surface area contributed by atoms with Gasteiger partial charge < -0.3 is 9.80 Å². The highest BCUT2D eigenvalue weighted by atomic mass is 35.5. The van der Waals surface area contributed by atoms with Gasteiger partial charge in [0.15, 0.2) is 0 Å². The molecule has 1 saturated heterocycles. The van der Waals surface area contributed by atoms with E-state index in [0.717, 1.165) is 29.8 Å². The van der Waals surface area contributed by atoms with E-state index >= 15 is 0 Å². The van der Waals surface area contributed by atoms with E-state index in [4.69, 9.17) is 11.6 Å². The van der Waals surface area contributed by atoms with Crippen molar-refractivity contribution in [3.05, 3.63) is 70.7 Å². The fraction of sp³-hybridized carbons (Fsp3) is 0.417. The minimum absolute atomic E-state index is 0.0709. The Morgan fingerprint density at radius 3 is 2.38 bits per heavy atom. The van der Waals surface area contributed by atoms with E-state index in [1.54, 1.807) is 0 Å². The zero-order valence-corrected chi connectivity index (χ0v) is 17.4. The van der Waals surface area contributed by atoms with Crippen LogP contribution in [0.15, 0.2) is 54.6 Å². The second-order valence-corrected chi connectivity index (χ2v) is 8.49. The second kappa shape index (κ2) is 9.00. The minimum atomic E-state index is 0.0709. The van der Waals surface area contributed by atoms with E-state index in [2.05, 4.69) is 18.2 Å². The number of benzene rings is 2. The Bertz CT molecular complexity index is 862. The fourth-order valence-electron chi connectivity index (χ4n) is 4.23. The number of piperazine rings is 1. The normalized spacial score (nSPS) is 21.1. The standard InChI is InChI=1S/C24H27ClN2O2/c25-20-10-5-9-19(16-20)21-17-22(21)24(29)27-14-12-26(13-15-27)23(28)11-4-8-18-6-2-1-3-7-18/h1-3,5-7,9-10,16,21-22H,4,8,11-15,17H2. The summed E-state index contributed by atoms with van der Waals surface area (Å²) in [5.41, 5.74) is 2.43. The number of hydrogen-bond donors (Lipinski definition) is 0. The van der Waals surface area contributed by atoms with Gasteiger partial charge in [-0.2, -0.15) is 0 Å². The lowest BCUT2D eigenvalue weighted by molar-refractivity contribution is -0.140. The molecule has 2 atom stereocenters. The molecule has 0 N–H and O–H groups in total. The molecule has 0 aromatic heterocycles. The van der Waals surface area contributed by atoms with Crippen LogP contribution < -0.4 is 0 Å². The largest absolute Gasteiger partial charge is 0.339 e. The van der Waals surface area contributed by atoms with E-state index in [1.807, 2.05) is 46.2 Å². The molecular weight excluding hydrogens is 384 g/mol. The quantitative estimate of drug-likeness (QED) is 0.718. The lowest BCUT2D eigenvalue weighted by Crippen LogP contribution is -2.51. The van der Waals surface area contributed by atoms with Crippen molar-refractivity contribution in [2.75, 3.05) is 26.2 Å². The third-order valence-corrected chi connectivity index (χ3v) is 6.26. The van der Waals surface area contributed by atoms with E-state index in [-0.39, 0.29) is 17.7 Å². The zero-order chi connectivity index (χ0) is 20.2. The van der Waals surface area contributed by atoms with Crippen LogP contribution in [0, 0.1) is 5.92 Å². The molecule has 1 saturated carbocycles. The van der Waals surface area contributed by atoms with Crippen LogP contribution in [-0.2, 0) is 16.0 Å². The first kappa shape index (κ1) is 20.0. The predicted octanol–water partition coefficient (Wildman–Crippen LogP) is 4.14. The summed E-state index contributed by atoms with van der Waals surface area (Å²) in [4.78, 5) is 29.2. The molecule has 2 amide bonds. The SMILES string of the molecule is O=C(CCCc1ccccc1)N1CCN(C(=O)C2CC2c2cccc(Cl)c2)CC1. The van der Waals surface area contributed by atoms with Crippen molar-refractivity contribution in [1.29, 1.82) is 0 Å². The topological polar surface area (TPSA) is 40.6 Å². The molecule has 2 aromatic rings. The van der Waals surface area contributed by atoms with E-state index in [0.29, 0.717) is 38.5 Å². The molecule has 0 radical (unpaired) electrons. The van der Waals surface area contributed by atoms with Gasteiger partial charge in [0.2, 0.25) is 11.8 Å². The Morgan fingerprint density at radius 1 is 0.931 bits per heavy atom. The molecule has 152 valence electrons. The minimum Gasteiger partial charge on any atom is -0.339 e. The number of carbonyl (C=O) groups excluding carboxylic acids is 2. The molecule has 4 rings (SSSR count). The number of nitrogens with zero attached hydrogens (tertiary/aromatic N) is 2. The second-order valence-electron chi connectivity index (χ2n) is 8.05. The number of rotatable bonds is 6. The third-order valence-electron chi connectivity index (χ3n) is 6.03. The van der Waals surface area contributed by atoms with E-state index in [1.165, 1.54) is 5.56 Å². The van der Waals surface area contributed by atoms with Crippen LogP contribution in [0.5, 0.6) is 0 Å². The maximum atomic E-state index is 12.8. The summed E-state index contributed by atoms with van der Waals surface area (Å²) in [6.07, 6.45) is 3.27. The van der Waals surface area contributed by atoms with Gasteiger partial charge in [-0.25, -0.2) is 0 Å². The molecular formula is C24H27ClN2O2. The molecule has 2 unspecified atom stereocenters. The smallest absolute Gasteiger partial charge is 0.226 e. The summed E-state index contributed by atoms with van der Waals surface area (Å²) < 4.78 is 0. The Kier molecular flexibility index (Phi) is 6.19. The van der Waals surface area contributed by atoms with Gasteiger partial charge in [0.25, 0.3) is 0 Å². The van der Waals surface area contributed by atoms with Gasteiger partial charge in [0.05, 0.1) is 0 Å². The van der Waals surface area contributed by atoms with Crippen molar-refractivity contribution in [2.24, 2.45) is 5.92 Å². The Hall–Kier alpha value is -2.33. The van der Waals surface area contributed by atoms with Crippen LogP contribution >= 0.6 is 11.6 Å². The lowest BCUT2D eigenvalue weighted by atomic mass is 10.1. The molecule has 2 fully saturated rings. The Morgan fingerprint density at radius 2 is 1.66 bits per heavy atom. The van der Waals surface area contributed by atoms with Gasteiger partial charge in [0, 0.05) is 43.5 Å². The first-order chi connectivity index (χ1) is 14.1. The van der Waals surface area contributed by atoms with Crippen molar-refractivity contribution in [3.8, 4) is 0 Å². The molecule has 1 aliphatic carbocycles. The highest BCUT2D eigenvalue weighted by Gasteiger charge is 2.46. The van der Waals surface area contributed by atoms with Crippen molar-refractivity contribution in [1.82, 2.24) is 9.80 Å². The summed E-state index contributed by atoms with van der Waals surface area (Å²) in [6, 6.07) is 18.1. The third kappa shape index (κ3) is 4.99. The number of halogens is 1. The van der Waals surface area contributed by atoms with Crippen molar-refractivity contribution < 1.29 is 9.59 Å². The van der Waals surface area contributed by atoms with Crippen molar-refractivity contribution >= 4 is 23.4 Å². The van der Waals surface area contributed by atoms with Gasteiger partial charge in [-0.3, -0.25) is 9.59 Å². The van der Waals surface area contributed by atoms with Gasteiger partial charge >= 0.3 is 0 Å². The van der Waals surface area contributed by atoms with Crippen LogP contribution in [0.25, 0.3) is 0 Å². The van der Waals surface area contributed by atoms with Gasteiger partial charge in [-0.05, 0) is 48.4 Å². The van der Waals surface area contributed by atoms with Crippen LogP contribution in [0.1, 0.15) is 36.3 Å². The lowest BCUT2D eigenvalue weighted by Gasteiger charge is -2.35. The molecule has 0 bridgehead atoms. The van der Waals surface area contributed by atoms with Gasteiger partial charge in [-0.1, -0.05) is 54.1 Å². The first-order valence-electron chi connectivity index (χ1n) is 10.5. The van der Waals surface area contributed by atoms with Crippen LogP contribution in [0.2, 0.25) is 5.02 Å². The fourth-order valence-corrected chi connectivity index (χ4v) is 4.43. The summed E-state index contributed by atoms with van der Waals surface area (Å²) in [5.74, 6) is 0.794. The number of hydrogen-bond acceptors (Lipinski definition) is 2. The number of aryl methyl sites for hydroxylation is 1. The summed E-state index contributed by atoms with van der Waals surface area (Å²) in [7, 11) is 0.